The van der Waals surface area contributed by atoms with Crippen molar-refractivity contribution in [2.75, 3.05) is 0 Å². The third-order valence-electron chi connectivity index (χ3n) is 3.79. The van der Waals surface area contributed by atoms with E-state index in [0.717, 1.165) is 17.1 Å². The van der Waals surface area contributed by atoms with Crippen LogP contribution in [0.15, 0.2) is 66.7 Å². The molecule has 0 aromatic heterocycles. The Morgan fingerprint density at radius 1 is 0.958 bits per heavy atom. The first-order chi connectivity index (χ1) is 11.6. The average molecular weight is 324 g/mol. The molecule has 24 heavy (non-hydrogen) atoms. The fourth-order valence-corrected chi connectivity index (χ4v) is 2.59. The van der Waals surface area contributed by atoms with Crippen LogP contribution in [0.5, 0.6) is 11.5 Å². The zero-order valence-electron chi connectivity index (χ0n) is 13.7. The summed E-state index contributed by atoms with van der Waals surface area (Å²) >= 11 is 0. The summed E-state index contributed by atoms with van der Waals surface area (Å²) in [5.74, 6) is 1.27. The van der Waals surface area contributed by atoms with Gasteiger partial charge < -0.3 is 14.2 Å². The number of hydrogen-bond donors (Lipinski definition) is 0. The molecule has 0 N–H and O–H groups in total. The minimum atomic E-state index is -0.334. The fraction of sp³-hybridized carbons (Fsp3) is 0.250. The van der Waals surface area contributed by atoms with Gasteiger partial charge in [-0.25, -0.2) is 0 Å². The molecule has 4 heteroatoms. The van der Waals surface area contributed by atoms with Crippen molar-refractivity contribution in [1.82, 2.24) is 0 Å². The maximum Gasteiger partial charge on any atom is 0.303 e. The van der Waals surface area contributed by atoms with Crippen molar-refractivity contribution in [2.24, 2.45) is 0 Å². The molecule has 1 aliphatic heterocycles. The maximum atomic E-state index is 11.1. The summed E-state index contributed by atoms with van der Waals surface area (Å²) in [7, 11) is 0. The number of para-hydroxylation sites is 1. The monoisotopic (exact) mass is 324 g/mol. The zero-order chi connectivity index (χ0) is 16.9. The van der Waals surface area contributed by atoms with Crippen molar-refractivity contribution >= 4 is 5.97 Å². The number of benzene rings is 2. The lowest BCUT2D eigenvalue weighted by atomic mass is 10.0. The van der Waals surface area contributed by atoms with Gasteiger partial charge in [0.2, 0.25) is 0 Å². The van der Waals surface area contributed by atoms with Crippen LogP contribution in [-0.2, 0) is 14.3 Å². The highest BCUT2D eigenvalue weighted by atomic mass is 16.6. The van der Waals surface area contributed by atoms with Crippen molar-refractivity contribution in [2.45, 2.75) is 32.2 Å². The molecule has 0 aliphatic carbocycles. The van der Waals surface area contributed by atoms with Crippen LogP contribution in [0.1, 0.15) is 25.5 Å². The van der Waals surface area contributed by atoms with Crippen molar-refractivity contribution in [3.05, 3.63) is 72.3 Å². The van der Waals surface area contributed by atoms with E-state index in [1.165, 1.54) is 6.92 Å². The molecule has 2 aromatic carbocycles. The first-order valence-electron chi connectivity index (χ1n) is 7.96. The molecule has 0 unspecified atom stereocenters. The molecule has 1 heterocycles. The Balaban J connectivity index is 1.67. The maximum absolute atomic E-state index is 11.1. The number of carbonyl (C=O) groups is 1. The molecule has 0 saturated heterocycles. The standard InChI is InChI=1S/C20H20O4/c1-14-19(23-15(2)21)12-13-20(22-14)16-8-10-18(11-9-16)24-17-6-4-3-5-7-17/h3-14,19-20H,1-2H3/t14-,19+,20+/m1/s1. The summed E-state index contributed by atoms with van der Waals surface area (Å²) in [5.41, 5.74) is 1.03. The lowest BCUT2D eigenvalue weighted by Gasteiger charge is -2.29. The highest BCUT2D eigenvalue weighted by molar-refractivity contribution is 5.66. The summed E-state index contributed by atoms with van der Waals surface area (Å²) in [5, 5.41) is 0. The summed E-state index contributed by atoms with van der Waals surface area (Å²) in [4.78, 5) is 11.1. The van der Waals surface area contributed by atoms with Gasteiger partial charge in [-0.05, 0) is 42.8 Å². The number of rotatable bonds is 4. The third-order valence-corrected chi connectivity index (χ3v) is 3.79. The molecule has 0 bridgehead atoms. The van der Waals surface area contributed by atoms with Crippen LogP contribution in [-0.4, -0.2) is 18.2 Å². The molecule has 2 aromatic rings. The molecule has 4 nitrogen and oxygen atoms in total. The quantitative estimate of drug-likeness (QED) is 0.616. The molecule has 0 saturated carbocycles. The van der Waals surface area contributed by atoms with Crippen LogP contribution in [0.4, 0.5) is 0 Å². The minimum absolute atomic E-state index is 0.155. The van der Waals surface area contributed by atoms with Crippen LogP contribution in [0, 0.1) is 0 Å². The average Bonchev–Trinajstić information content (AvgIpc) is 2.58. The molecule has 3 atom stereocenters. The Bertz CT molecular complexity index is 706. The molecule has 3 rings (SSSR count). The zero-order valence-corrected chi connectivity index (χ0v) is 13.7. The van der Waals surface area contributed by atoms with Crippen LogP contribution in [0.3, 0.4) is 0 Å². The van der Waals surface area contributed by atoms with Crippen LogP contribution in [0.2, 0.25) is 0 Å². The fourth-order valence-electron chi connectivity index (χ4n) is 2.59. The first-order valence-corrected chi connectivity index (χ1v) is 7.96. The van der Waals surface area contributed by atoms with Crippen LogP contribution < -0.4 is 4.74 Å². The molecule has 0 amide bonds. The van der Waals surface area contributed by atoms with Gasteiger partial charge in [0.05, 0.1) is 6.10 Å². The minimum Gasteiger partial charge on any atom is -0.457 e. The van der Waals surface area contributed by atoms with Crippen molar-refractivity contribution in [3.63, 3.8) is 0 Å². The second-order valence-corrected chi connectivity index (χ2v) is 5.70. The van der Waals surface area contributed by atoms with Gasteiger partial charge in [0.25, 0.3) is 0 Å². The molecule has 1 aliphatic rings. The van der Waals surface area contributed by atoms with E-state index < -0.39 is 0 Å². The van der Waals surface area contributed by atoms with E-state index in [9.17, 15) is 4.79 Å². The summed E-state index contributed by atoms with van der Waals surface area (Å²) in [6.07, 6.45) is 3.12. The predicted molar refractivity (Wildman–Crippen MR) is 90.9 cm³/mol. The van der Waals surface area contributed by atoms with Crippen molar-refractivity contribution < 1.29 is 19.0 Å². The topological polar surface area (TPSA) is 44.8 Å². The normalized spacial score (nSPS) is 22.8. The van der Waals surface area contributed by atoms with Crippen molar-refractivity contribution in [1.29, 1.82) is 0 Å². The van der Waals surface area contributed by atoms with Gasteiger partial charge >= 0.3 is 5.97 Å². The molecular weight excluding hydrogens is 304 g/mol. The smallest absolute Gasteiger partial charge is 0.303 e. The second-order valence-electron chi connectivity index (χ2n) is 5.70. The van der Waals surface area contributed by atoms with E-state index in [4.69, 9.17) is 14.2 Å². The summed E-state index contributed by atoms with van der Waals surface area (Å²) < 4.78 is 16.9. The van der Waals surface area contributed by atoms with Gasteiger partial charge in [-0.2, -0.15) is 0 Å². The van der Waals surface area contributed by atoms with E-state index in [2.05, 4.69) is 0 Å². The molecule has 0 fully saturated rings. The lowest BCUT2D eigenvalue weighted by molar-refractivity contribution is -0.153. The van der Waals surface area contributed by atoms with Crippen molar-refractivity contribution in [3.8, 4) is 11.5 Å². The largest absolute Gasteiger partial charge is 0.457 e. The Labute approximate surface area is 141 Å². The Kier molecular flexibility index (Phi) is 4.96. The Morgan fingerprint density at radius 3 is 2.25 bits per heavy atom. The molecular formula is C20H20O4. The Hall–Kier alpha value is -2.59. The number of esters is 1. The van der Waals surface area contributed by atoms with E-state index in [1.807, 2.05) is 73.7 Å². The van der Waals surface area contributed by atoms with Crippen LogP contribution in [0.25, 0.3) is 0 Å². The highest BCUT2D eigenvalue weighted by Crippen LogP contribution is 2.29. The second kappa shape index (κ2) is 7.32. The SMILES string of the molecule is CC(=O)O[C@H]1C=C[C@@H](c2ccc(Oc3ccccc3)cc2)O[C@@H]1C. The molecule has 0 radical (unpaired) electrons. The summed E-state index contributed by atoms with van der Waals surface area (Å²) in [6, 6.07) is 17.4. The molecule has 124 valence electrons. The predicted octanol–water partition coefficient (Wildman–Crippen LogP) is 4.43. The van der Waals surface area contributed by atoms with Gasteiger partial charge in [-0.15, -0.1) is 0 Å². The van der Waals surface area contributed by atoms with Gasteiger partial charge in [-0.3, -0.25) is 4.79 Å². The van der Waals surface area contributed by atoms with E-state index in [-0.39, 0.29) is 24.3 Å². The lowest BCUT2D eigenvalue weighted by Crippen LogP contribution is -2.33. The van der Waals surface area contributed by atoms with Crippen LogP contribution >= 0.6 is 0 Å². The number of hydrogen-bond acceptors (Lipinski definition) is 4. The Morgan fingerprint density at radius 2 is 1.62 bits per heavy atom. The van der Waals surface area contributed by atoms with Gasteiger partial charge in [0.1, 0.15) is 23.7 Å². The van der Waals surface area contributed by atoms with E-state index in [1.54, 1.807) is 0 Å². The van der Waals surface area contributed by atoms with E-state index in [0.29, 0.717) is 0 Å². The number of ether oxygens (including phenoxy) is 3. The van der Waals surface area contributed by atoms with Gasteiger partial charge in [0.15, 0.2) is 0 Å². The number of carbonyl (C=O) groups excluding carboxylic acids is 1. The summed E-state index contributed by atoms with van der Waals surface area (Å²) in [6.45, 7) is 3.30. The third kappa shape index (κ3) is 4.03. The van der Waals surface area contributed by atoms with Gasteiger partial charge in [0, 0.05) is 6.92 Å². The first kappa shape index (κ1) is 16.3. The highest BCUT2D eigenvalue weighted by Gasteiger charge is 2.26. The molecule has 0 spiro atoms. The van der Waals surface area contributed by atoms with Gasteiger partial charge in [-0.1, -0.05) is 36.4 Å². The van der Waals surface area contributed by atoms with E-state index >= 15 is 0 Å².